The van der Waals surface area contributed by atoms with Gasteiger partial charge in [-0.15, -0.1) is 0 Å². The van der Waals surface area contributed by atoms with Crippen LogP contribution in [0.2, 0.25) is 0 Å². The molecular weight excluding hydrogens is 332 g/mol. The van der Waals surface area contributed by atoms with E-state index in [9.17, 15) is 4.79 Å². The van der Waals surface area contributed by atoms with Gasteiger partial charge >= 0.3 is 0 Å². The second-order valence-corrected chi connectivity index (χ2v) is 6.13. The molecule has 26 heavy (non-hydrogen) atoms. The molecule has 0 bridgehead atoms. The van der Waals surface area contributed by atoms with E-state index in [0.29, 0.717) is 24.3 Å². The Hall–Kier alpha value is -2.89. The summed E-state index contributed by atoms with van der Waals surface area (Å²) in [6.07, 6.45) is 0. The first-order valence-electron chi connectivity index (χ1n) is 8.25. The van der Waals surface area contributed by atoms with E-state index in [0.717, 1.165) is 33.5 Å². The Balaban J connectivity index is 1.67. The van der Waals surface area contributed by atoms with Crippen LogP contribution in [0.3, 0.4) is 0 Å². The van der Waals surface area contributed by atoms with Gasteiger partial charge in [-0.2, -0.15) is 0 Å². The smallest absolute Gasteiger partial charge is 0.193 e. The monoisotopic (exact) mass is 350 g/mol. The van der Waals surface area contributed by atoms with Gasteiger partial charge in [0.2, 0.25) is 0 Å². The minimum absolute atomic E-state index is 0.0437. The van der Waals surface area contributed by atoms with E-state index in [1.54, 1.807) is 26.4 Å². The molecule has 0 unspecified atom stereocenters. The molecule has 0 N–H and O–H groups in total. The van der Waals surface area contributed by atoms with Crippen molar-refractivity contribution in [2.24, 2.45) is 0 Å². The number of furan rings is 2. The van der Waals surface area contributed by atoms with Crippen molar-refractivity contribution in [1.82, 2.24) is 0 Å². The number of ether oxygens (including phenoxy) is 2. The van der Waals surface area contributed by atoms with Crippen molar-refractivity contribution >= 4 is 27.7 Å². The molecule has 5 heteroatoms. The van der Waals surface area contributed by atoms with Crippen molar-refractivity contribution in [3.05, 3.63) is 71.2 Å². The maximum atomic E-state index is 12.9. The highest BCUT2D eigenvalue weighted by atomic mass is 16.5. The Morgan fingerprint density at radius 2 is 1.23 bits per heavy atom. The number of ketones is 1. The van der Waals surface area contributed by atoms with E-state index in [1.807, 2.05) is 36.4 Å². The molecule has 0 spiro atoms. The molecule has 0 aliphatic carbocycles. The molecule has 2 heterocycles. The molecule has 0 fully saturated rings. The molecule has 0 aliphatic rings. The summed E-state index contributed by atoms with van der Waals surface area (Å²) in [7, 11) is 3.23. The number of carbonyl (C=O) groups excluding carboxylic acids is 1. The number of hydrogen-bond donors (Lipinski definition) is 0. The number of methoxy groups -OCH3 is 2. The highest BCUT2D eigenvalue weighted by Crippen LogP contribution is 2.25. The van der Waals surface area contributed by atoms with E-state index in [-0.39, 0.29) is 5.78 Å². The zero-order valence-corrected chi connectivity index (χ0v) is 14.6. The lowest BCUT2D eigenvalue weighted by Crippen LogP contribution is -2.00. The Kier molecular flexibility index (Phi) is 4.32. The largest absolute Gasteiger partial charge is 0.459 e. The molecule has 5 nitrogen and oxygen atoms in total. The number of fused-ring (bicyclic) bond motifs is 2. The van der Waals surface area contributed by atoms with E-state index in [4.69, 9.17) is 18.3 Å². The molecule has 0 aliphatic heterocycles. The lowest BCUT2D eigenvalue weighted by Gasteiger charge is -2.01. The Morgan fingerprint density at radius 3 is 1.65 bits per heavy atom. The van der Waals surface area contributed by atoms with Crippen molar-refractivity contribution in [2.45, 2.75) is 13.2 Å². The predicted octanol–water partition coefficient (Wildman–Crippen LogP) is 4.70. The first-order chi connectivity index (χ1) is 12.7. The first kappa shape index (κ1) is 16.6. The maximum absolute atomic E-state index is 12.9. The molecular formula is C21H18O5. The summed E-state index contributed by atoms with van der Waals surface area (Å²) in [6, 6.07) is 14.7. The number of rotatable bonds is 6. The van der Waals surface area contributed by atoms with Crippen LogP contribution < -0.4 is 0 Å². The number of hydrogen-bond acceptors (Lipinski definition) is 5. The second-order valence-electron chi connectivity index (χ2n) is 6.13. The quantitative estimate of drug-likeness (QED) is 0.472. The van der Waals surface area contributed by atoms with E-state index < -0.39 is 0 Å². The van der Waals surface area contributed by atoms with Crippen molar-refractivity contribution in [3.63, 3.8) is 0 Å². The molecule has 132 valence electrons. The fourth-order valence-electron chi connectivity index (χ4n) is 3.07. The lowest BCUT2D eigenvalue weighted by molar-refractivity contribution is 0.103. The van der Waals surface area contributed by atoms with Gasteiger partial charge in [0.25, 0.3) is 0 Å². The van der Waals surface area contributed by atoms with Crippen molar-refractivity contribution in [2.75, 3.05) is 14.2 Å². The number of carbonyl (C=O) groups is 1. The highest BCUT2D eigenvalue weighted by molar-refractivity contribution is 6.11. The van der Waals surface area contributed by atoms with Gasteiger partial charge in [-0.05, 0) is 48.5 Å². The van der Waals surface area contributed by atoms with Crippen LogP contribution in [0.25, 0.3) is 21.9 Å². The zero-order chi connectivity index (χ0) is 18.1. The van der Waals surface area contributed by atoms with Gasteiger partial charge in [0.15, 0.2) is 5.78 Å². The fraction of sp³-hybridized carbons (Fsp3) is 0.190. The third kappa shape index (κ3) is 3.03. The third-order valence-electron chi connectivity index (χ3n) is 4.23. The lowest BCUT2D eigenvalue weighted by atomic mass is 10.0. The Morgan fingerprint density at radius 1 is 0.769 bits per heavy atom. The van der Waals surface area contributed by atoms with Crippen molar-refractivity contribution in [1.29, 1.82) is 0 Å². The Bertz CT molecular complexity index is 1000. The van der Waals surface area contributed by atoms with Crippen LogP contribution in [0.4, 0.5) is 0 Å². The summed E-state index contributed by atoms with van der Waals surface area (Å²) >= 11 is 0. The zero-order valence-electron chi connectivity index (χ0n) is 14.6. The van der Waals surface area contributed by atoms with Gasteiger partial charge in [-0.25, -0.2) is 0 Å². The van der Waals surface area contributed by atoms with Crippen LogP contribution in [0.5, 0.6) is 0 Å². The minimum atomic E-state index is -0.0437. The van der Waals surface area contributed by atoms with Crippen LogP contribution in [0.1, 0.15) is 27.4 Å². The Labute approximate surface area is 150 Å². The van der Waals surface area contributed by atoms with Gasteiger partial charge in [-0.3, -0.25) is 4.79 Å². The molecule has 0 atom stereocenters. The summed E-state index contributed by atoms with van der Waals surface area (Å²) in [4.78, 5) is 12.9. The van der Waals surface area contributed by atoms with E-state index in [2.05, 4.69) is 0 Å². The average Bonchev–Trinajstić information content (AvgIpc) is 3.23. The molecule has 0 saturated carbocycles. The van der Waals surface area contributed by atoms with Crippen LogP contribution >= 0.6 is 0 Å². The first-order valence-corrected chi connectivity index (χ1v) is 8.25. The topological polar surface area (TPSA) is 61.8 Å². The van der Waals surface area contributed by atoms with Crippen LogP contribution in [-0.4, -0.2) is 20.0 Å². The van der Waals surface area contributed by atoms with E-state index in [1.165, 1.54) is 0 Å². The predicted molar refractivity (Wildman–Crippen MR) is 97.3 cm³/mol. The maximum Gasteiger partial charge on any atom is 0.193 e. The third-order valence-corrected chi connectivity index (χ3v) is 4.23. The molecule has 2 aromatic heterocycles. The van der Waals surface area contributed by atoms with E-state index >= 15 is 0 Å². The summed E-state index contributed by atoms with van der Waals surface area (Å²) in [6.45, 7) is 0.803. The molecule has 0 saturated heterocycles. The standard InChI is InChI=1S/C21H18O5/c1-23-11-17-9-15-7-13(3-5-19(15)25-17)21(22)14-4-6-20-16(8-14)10-18(26-20)12-24-2/h3-10H,11-12H2,1-2H3. The summed E-state index contributed by atoms with van der Waals surface area (Å²) in [5, 5.41) is 1.77. The molecule has 4 rings (SSSR count). The molecule has 0 radical (unpaired) electrons. The van der Waals surface area contributed by atoms with Gasteiger partial charge in [0.1, 0.15) is 35.9 Å². The number of benzene rings is 2. The summed E-state index contributed by atoms with van der Waals surface area (Å²) < 4.78 is 21.5. The van der Waals surface area contributed by atoms with Crippen LogP contribution in [0.15, 0.2) is 57.4 Å². The minimum Gasteiger partial charge on any atom is -0.459 e. The second kappa shape index (κ2) is 6.78. The summed E-state index contributed by atoms with van der Waals surface area (Å²) in [5.41, 5.74) is 2.70. The summed E-state index contributed by atoms with van der Waals surface area (Å²) in [5.74, 6) is 1.42. The van der Waals surface area contributed by atoms with Gasteiger partial charge in [-0.1, -0.05) is 0 Å². The highest BCUT2D eigenvalue weighted by Gasteiger charge is 2.13. The van der Waals surface area contributed by atoms with Crippen LogP contribution in [-0.2, 0) is 22.7 Å². The molecule has 4 aromatic rings. The van der Waals surface area contributed by atoms with Crippen molar-refractivity contribution in [3.8, 4) is 0 Å². The van der Waals surface area contributed by atoms with Crippen molar-refractivity contribution < 1.29 is 23.1 Å². The van der Waals surface area contributed by atoms with Gasteiger partial charge in [0.05, 0.1) is 0 Å². The van der Waals surface area contributed by atoms with Gasteiger partial charge < -0.3 is 18.3 Å². The average molecular weight is 350 g/mol. The fourth-order valence-corrected chi connectivity index (χ4v) is 3.07. The molecule has 0 amide bonds. The van der Waals surface area contributed by atoms with Crippen LogP contribution in [0, 0.1) is 0 Å². The molecule has 2 aromatic carbocycles. The van der Waals surface area contributed by atoms with Gasteiger partial charge in [0, 0.05) is 36.1 Å². The SMILES string of the molecule is COCc1cc2cc(C(=O)c3ccc4oc(COC)cc4c3)ccc2o1. The normalized spacial score (nSPS) is 11.5.